The molecular weight excluding hydrogens is 450 g/mol. The molecule has 3 aromatic rings. The third-order valence-electron chi connectivity index (χ3n) is 5.14. The van der Waals surface area contributed by atoms with Crippen LogP contribution in [0.15, 0.2) is 42.6 Å². The molecule has 176 valence electrons. The van der Waals surface area contributed by atoms with E-state index in [0.29, 0.717) is 28.5 Å². The zero-order valence-electron chi connectivity index (χ0n) is 17.6. The van der Waals surface area contributed by atoms with Gasteiger partial charge in [-0.3, -0.25) is 9.78 Å². The van der Waals surface area contributed by atoms with Crippen molar-refractivity contribution in [2.45, 2.75) is 32.7 Å². The Kier molecular flexibility index (Phi) is 6.53. The van der Waals surface area contributed by atoms with Crippen molar-refractivity contribution in [2.75, 3.05) is 12.3 Å². The molecule has 1 aromatic carbocycles. The van der Waals surface area contributed by atoms with Crippen molar-refractivity contribution in [2.24, 2.45) is 5.92 Å². The molecule has 5 nitrogen and oxygen atoms in total. The minimum absolute atomic E-state index is 0.0248. The Labute approximate surface area is 185 Å². The van der Waals surface area contributed by atoms with Gasteiger partial charge in [0.1, 0.15) is 5.82 Å². The van der Waals surface area contributed by atoms with E-state index in [1.807, 2.05) is 0 Å². The monoisotopic (exact) mass is 470 g/mol. The summed E-state index contributed by atoms with van der Waals surface area (Å²) in [5.41, 5.74) is 6.09. The normalized spacial score (nSPS) is 13.2. The van der Waals surface area contributed by atoms with Crippen molar-refractivity contribution < 1.29 is 31.1 Å². The number of aromatic nitrogens is 2. The van der Waals surface area contributed by atoms with Crippen LogP contribution in [0.2, 0.25) is 0 Å². The number of nitrogens with zero attached hydrogens (tertiary/aromatic N) is 3. The maximum Gasteiger partial charge on any atom is 0.417 e. The second kappa shape index (κ2) is 8.87. The topological polar surface area (TPSA) is 72.1 Å². The minimum atomic E-state index is -4.60. The maximum absolute atomic E-state index is 13.2. The molecule has 1 atom stereocenters. The third kappa shape index (κ3) is 5.71. The lowest BCUT2D eigenvalue weighted by Crippen LogP contribution is -2.39. The number of alkyl halides is 6. The molecule has 33 heavy (non-hydrogen) atoms. The molecule has 0 saturated heterocycles. The highest BCUT2D eigenvalue weighted by Crippen LogP contribution is 2.30. The highest BCUT2D eigenvalue weighted by molar-refractivity contribution is 5.98. The zero-order chi connectivity index (χ0) is 24.6. The van der Waals surface area contributed by atoms with Gasteiger partial charge in [0.25, 0.3) is 5.91 Å². The summed E-state index contributed by atoms with van der Waals surface area (Å²) in [6, 6.07) is 7.94. The number of nitrogens with two attached hydrogens (primary N) is 1. The number of carbonyl (C=O) groups is 1. The number of benzene rings is 1. The summed E-state index contributed by atoms with van der Waals surface area (Å²) in [6.07, 6.45) is -8.58. The van der Waals surface area contributed by atoms with Crippen molar-refractivity contribution >= 4 is 22.6 Å². The highest BCUT2D eigenvalue weighted by atomic mass is 19.4. The molecule has 0 bridgehead atoms. The number of fused-ring (bicyclic) bond motifs is 1. The lowest BCUT2D eigenvalue weighted by atomic mass is 10.1. The van der Waals surface area contributed by atoms with Crippen LogP contribution in [0.1, 0.15) is 34.1 Å². The molecule has 3 rings (SSSR count). The van der Waals surface area contributed by atoms with Crippen molar-refractivity contribution in [3.05, 3.63) is 65.0 Å². The fourth-order valence-electron chi connectivity index (χ4n) is 3.15. The van der Waals surface area contributed by atoms with Crippen LogP contribution in [0.4, 0.5) is 32.2 Å². The Balaban J connectivity index is 1.93. The number of pyridine rings is 2. The SMILES string of the molecule is Cc1cc2cc(C(=O)N(Cc3ccc(C(F)(F)F)cn3)C[C@@H](C)C(F)(F)F)ccc2nc1N. The van der Waals surface area contributed by atoms with E-state index in [-0.39, 0.29) is 11.3 Å². The number of halogens is 6. The molecule has 0 aliphatic heterocycles. The van der Waals surface area contributed by atoms with E-state index in [0.717, 1.165) is 24.0 Å². The van der Waals surface area contributed by atoms with Gasteiger partial charge in [0, 0.05) is 23.7 Å². The summed E-state index contributed by atoms with van der Waals surface area (Å²) >= 11 is 0. The number of rotatable bonds is 5. The molecule has 0 spiro atoms. The number of hydrogen-bond donors (Lipinski definition) is 1. The molecule has 0 saturated carbocycles. The summed E-state index contributed by atoms with van der Waals surface area (Å²) in [5, 5.41) is 0.573. The van der Waals surface area contributed by atoms with E-state index in [2.05, 4.69) is 9.97 Å². The van der Waals surface area contributed by atoms with E-state index in [4.69, 9.17) is 5.73 Å². The number of hydrogen-bond acceptors (Lipinski definition) is 4. The van der Waals surface area contributed by atoms with Crippen molar-refractivity contribution in [3.63, 3.8) is 0 Å². The molecule has 0 radical (unpaired) electrons. The van der Waals surface area contributed by atoms with Gasteiger partial charge in [-0.05, 0) is 48.9 Å². The first kappa shape index (κ1) is 24.3. The van der Waals surface area contributed by atoms with Gasteiger partial charge in [0.15, 0.2) is 0 Å². The first-order valence-electron chi connectivity index (χ1n) is 9.80. The lowest BCUT2D eigenvalue weighted by molar-refractivity contribution is -0.172. The zero-order valence-corrected chi connectivity index (χ0v) is 17.6. The van der Waals surface area contributed by atoms with E-state index in [1.165, 1.54) is 18.2 Å². The van der Waals surface area contributed by atoms with Gasteiger partial charge in [-0.2, -0.15) is 26.3 Å². The second-order valence-corrected chi connectivity index (χ2v) is 7.76. The fraction of sp³-hybridized carbons (Fsp3) is 0.318. The average molecular weight is 470 g/mol. The summed E-state index contributed by atoms with van der Waals surface area (Å²) in [6.45, 7) is 1.57. The minimum Gasteiger partial charge on any atom is -0.383 e. The Morgan fingerprint density at radius 2 is 1.79 bits per heavy atom. The molecular formula is C22H20F6N4O. The van der Waals surface area contributed by atoms with Gasteiger partial charge in [-0.15, -0.1) is 0 Å². The third-order valence-corrected chi connectivity index (χ3v) is 5.14. The van der Waals surface area contributed by atoms with Crippen LogP contribution in [-0.4, -0.2) is 33.5 Å². The Bertz CT molecular complexity index is 1160. The van der Waals surface area contributed by atoms with Crippen molar-refractivity contribution in [1.29, 1.82) is 0 Å². The molecule has 11 heteroatoms. The van der Waals surface area contributed by atoms with E-state index >= 15 is 0 Å². The number of carbonyl (C=O) groups excluding carboxylic acids is 1. The van der Waals surface area contributed by atoms with Crippen LogP contribution in [-0.2, 0) is 12.7 Å². The Morgan fingerprint density at radius 3 is 2.36 bits per heavy atom. The van der Waals surface area contributed by atoms with Crippen molar-refractivity contribution in [3.8, 4) is 0 Å². The standard InChI is InChI=1S/C22H20F6N4O/c1-12-7-15-8-14(3-6-18(15)31-19(12)29)20(33)32(10-13(2)21(23,24)25)11-17-5-4-16(9-30-17)22(26,27)28/h3-9,13H,10-11H2,1-2H3,(H2,29,31)/t13-/m1/s1. The van der Waals surface area contributed by atoms with Gasteiger partial charge in [-0.1, -0.05) is 6.92 Å². The number of anilines is 1. The fourth-order valence-corrected chi connectivity index (χ4v) is 3.15. The molecule has 2 heterocycles. The Hall–Kier alpha value is -3.37. The summed E-state index contributed by atoms with van der Waals surface area (Å²) in [7, 11) is 0. The number of nitrogen functional groups attached to an aromatic ring is 1. The van der Waals surface area contributed by atoms with Gasteiger partial charge < -0.3 is 10.6 Å². The van der Waals surface area contributed by atoms with Gasteiger partial charge >= 0.3 is 12.4 Å². The average Bonchev–Trinajstić information content (AvgIpc) is 2.72. The van der Waals surface area contributed by atoms with Crippen LogP contribution in [0.25, 0.3) is 10.9 Å². The van der Waals surface area contributed by atoms with Crippen molar-refractivity contribution in [1.82, 2.24) is 14.9 Å². The van der Waals surface area contributed by atoms with Gasteiger partial charge in [0.2, 0.25) is 0 Å². The summed E-state index contributed by atoms with van der Waals surface area (Å²) < 4.78 is 77.9. The number of aryl methyl sites for hydroxylation is 1. The predicted molar refractivity (Wildman–Crippen MR) is 110 cm³/mol. The highest BCUT2D eigenvalue weighted by Gasteiger charge is 2.38. The molecule has 0 aliphatic carbocycles. The molecule has 1 amide bonds. The molecule has 0 fully saturated rings. The van der Waals surface area contributed by atoms with Crippen LogP contribution in [0.3, 0.4) is 0 Å². The maximum atomic E-state index is 13.2. The molecule has 0 unspecified atom stereocenters. The van der Waals surface area contributed by atoms with Gasteiger partial charge in [-0.25, -0.2) is 4.98 Å². The van der Waals surface area contributed by atoms with Gasteiger partial charge in [0.05, 0.1) is 29.2 Å². The quantitative estimate of drug-likeness (QED) is 0.509. The first-order valence-corrected chi connectivity index (χ1v) is 9.80. The van der Waals surface area contributed by atoms with Crippen LogP contribution >= 0.6 is 0 Å². The van der Waals surface area contributed by atoms with E-state index in [9.17, 15) is 31.1 Å². The first-order chi connectivity index (χ1) is 15.3. The smallest absolute Gasteiger partial charge is 0.383 e. The van der Waals surface area contributed by atoms with Crippen LogP contribution in [0, 0.1) is 12.8 Å². The second-order valence-electron chi connectivity index (χ2n) is 7.76. The van der Waals surface area contributed by atoms with Crippen LogP contribution in [0.5, 0.6) is 0 Å². The van der Waals surface area contributed by atoms with Crippen LogP contribution < -0.4 is 5.73 Å². The molecule has 2 N–H and O–H groups in total. The van der Waals surface area contributed by atoms with E-state index in [1.54, 1.807) is 13.0 Å². The number of amides is 1. The summed E-state index contributed by atoms with van der Waals surface area (Å²) in [4.78, 5) is 21.9. The molecule has 2 aromatic heterocycles. The predicted octanol–water partition coefficient (Wildman–Crippen LogP) is 5.38. The molecule has 0 aliphatic rings. The largest absolute Gasteiger partial charge is 0.417 e. The van der Waals surface area contributed by atoms with E-state index < -0.39 is 42.8 Å². The lowest BCUT2D eigenvalue weighted by Gasteiger charge is -2.27. The summed E-state index contributed by atoms with van der Waals surface area (Å²) in [5.74, 6) is -2.26. The Morgan fingerprint density at radius 1 is 1.09 bits per heavy atom.